The van der Waals surface area contributed by atoms with Crippen LogP contribution in [0.2, 0.25) is 0 Å². The van der Waals surface area contributed by atoms with Crippen LogP contribution in [0.4, 0.5) is 0 Å². The van der Waals surface area contributed by atoms with Gasteiger partial charge in [-0.25, -0.2) is 0 Å². The summed E-state index contributed by atoms with van der Waals surface area (Å²) in [5, 5.41) is 0. The second kappa shape index (κ2) is 5.15. The van der Waals surface area contributed by atoms with Crippen LogP contribution < -0.4 is 4.74 Å². The summed E-state index contributed by atoms with van der Waals surface area (Å²) in [6.07, 6.45) is 2.74. The third-order valence-electron chi connectivity index (χ3n) is 2.66. The van der Waals surface area contributed by atoms with Crippen LogP contribution in [0.5, 0.6) is 5.75 Å². The fourth-order valence-electron chi connectivity index (χ4n) is 1.60. The summed E-state index contributed by atoms with van der Waals surface area (Å²) >= 11 is 0. The third kappa shape index (κ3) is 3.17. The Morgan fingerprint density at radius 2 is 2.41 bits per heavy atom. The van der Waals surface area contributed by atoms with Crippen LogP contribution in [0, 0.1) is 0 Å². The summed E-state index contributed by atoms with van der Waals surface area (Å²) in [4.78, 5) is 11.3. The fraction of sp³-hybridized carbons (Fsp3) is 0.357. The molecule has 1 atom stereocenters. The Hall–Kier alpha value is -1.61. The van der Waals surface area contributed by atoms with E-state index in [0.29, 0.717) is 18.6 Å². The Kier molecular flexibility index (Phi) is 3.59. The van der Waals surface area contributed by atoms with Crippen LogP contribution in [0.3, 0.4) is 0 Å². The number of benzene rings is 1. The summed E-state index contributed by atoms with van der Waals surface area (Å²) < 4.78 is 10.8. The highest BCUT2D eigenvalue weighted by molar-refractivity contribution is 5.94. The van der Waals surface area contributed by atoms with E-state index in [1.807, 2.05) is 12.1 Å². The number of carbonyl (C=O) groups is 1. The Labute approximate surface area is 101 Å². The van der Waals surface area contributed by atoms with Gasteiger partial charge in [0.05, 0.1) is 6.61 Å². The van der Waals surface area contributed by atoms with Crippen LogP contribution in [-0.2, 0) is 11.2 Å². The van der Waals surface area contributed by atoms with Gasteiger partial charge in [0, 0.05) is 5.56 Å². The number of hydrogen-bond donors (Lipinski definition) is 0. The summed E-state index contributed by atoms with van der Waals surface area (Å²) in [6.45, 7) is 6.63. The molecule has 1 saturated heterocycles. The van der Waals surface area contributed by atoms with Gasteiger partial charge in [-0.3, -0.25) is 4.79 Å². The first kappa shape index (κ1) is 11.9. The van der Waals surface area contributed by atoms with Crippen molar-refractivity contribution < 1.29 is 14.3 Å². The van der Waals surface area contributed by atoms with E-state index < -0.39 is 0 Å². The molecule has 0 amide bonds. The monoisotopic (exact) mass is 232 g/mol. The highest BCUT2D eigenvalue weighted by Crippen LogP contribution is 2.23. The first-order valence-electron chi connectivity index (χ1n) is 5.70. The minimum atomic E-state index is 0.0624. The molecule has 2 rings (SSSR count). The first-order chi connectivity index (χ1) is 8.20. The van der Waals surface area contributed by atoms with Gasteiger partial charge in [0.15, 0.2) is 5.78 Å². The molecule has 0 radical (unpaired) electrons. The SMILES string of the molecule is C=CCc1cc(C(C)=O)ccc1OCC1CO1. The molecule has 1 aliphatic heterocycles. The number of ketones is 1. The highest BCUT2D eigenvalue weighted by Gasteiger charge is 2.23. The van der Waals surface area contributed by atoms with E-state index in [-0.39, 0.29) is 11.9 Å². The zero-order chi connectivity index (χ0) is 12.3. The maximum atomic E-state index is 11.3. The Balaban J connectivity index is 2.16. The van der Waals surface area contributed by atoms with Crippen LogP contribution in [0.15, 0.2) is 30.9 Å². The van der Waals surface area contributed by atoms with Gasteiger partial charge in [-0.2, -0.15) is 0 Å². The van der Waals surface area contributed by atoms with E-state index in [1.54, 1.807) is 19.1 Å². The minimum Gasteiger partial charge on any atom is -0.490 e. The maximum Gasteiger partial charge on any atom is 0.159 e. The molecular weight excluding hydrogens is 216 g/mol. The van der Waals surface area contributed by atoms with Gasteiger partial charge in [0.1, 0.15) is 18.5 Å². The highest BCUT2D eigenvalue weighted by atomic mass is 16.6. The number of hydrogen-bond acceptors (Lipinski definition) is 3. The van der Waals surface area contributed by atoms with Crippen molar-refractivity contribution in [3.05, 3.63) is 42.0 Å². The van der Waals surface area contributed by atoms with Crippen molar-refractivity contribution >= 4 is 5.78 Å². The molecule has 0 aliphatic carbocycles. The normalized spacial score (nSPS) is 17.6. The number of carbonyl (C=O) groups excluding carboxylic acids is 1. The predicted molar refractivity (Wildman–Crippen MR) is 65.6 cm³/mol. The van der Waals surface area contributed by atoms with E-state index in [4.69, 9.17) is 9.47 Å². The summed E-state index contributed by atoms with van der Waals surface area (Å²) in [5.41, 5.74) is 1.70. The molecule has 1 fully saturated rings. The second-order valence-corrected chi connectivity index (χ2v) is 4.14. The quantitative estimate of drug-likeness (QED) is 0.429. The summed E-state index contributed by atoms with van der Waals surface area (Å²) in [6, 6.07) is 5.50. The van der Waals surface area contributed by atoms with Crippen molar-refractivity contribution in [2.75, 3.05) is 13.2 Å². The van der Waals surface area contributed by atoms with Gasteiger partial charge in [-0.1, -0.05) is 6.08 Å². The van der Waals surface area contributed by atoms with Gasteiger partial charge in [-0.15, -0.1) is 6.58 Å². The second-order valence-electron chi connectivity index (χ2n) is 4.14. The molecular formula is C14H16O3. The molecule has 0 spiro atoms. The average Bonchev–Trinajstić information content (AvgIpc) is 3.11. The molecule has 3 heteroatoms. The van der Waals surface area contributed by atoms with Gasteiger partial charge >= 0.3 is 0 Å². The fourth-order valence-corrected chi connectivity index (χ4v) is 1.60. The van der Waals surface area contributed by atoms with E-state index in [2.05, 4.69) is 6.58 Å². The standard InChI is InChI=1S/C14H16O3/c1-3-4-12-7-11(10(2)15)5-6-14(12)17-9-13-8-16-13/h3,5-7,13H,1,4,8-9H2,2H3. The molecule has 1 aliphatic rings. The number of allylic oxidation sites excluding steroid dienone is 1. The molecule has 1 unspecified atom stereocenters. The largest absolute Gasteiger partial charge is 0.490 e. The molecule has 1 aromatic rings. The number of epoxide rings is 1. The van der Waals surface area contributed by atoms with Crippen molar-refractivity contribution in [3.63, 3.8) is 0 Å². The van der Waals surface area contributed by atoms with Crippen molar-refractivity contribution in [3.8, 4) is 5.75 Å². The maximum absolute atomic E-state index is 11.3. The van der Waals surface area contributed by atoms with E-state index in [1.165, 1.54) is 0 Å². The molecule has 17 heavy (non-hydrogen) atoms. The number of rotatable bonds is 6. The number of ether oxygens (including phenoxy) is 2. The molecule has 90 valence electrons. The van der Waals surface area contributed by atoms with Crippen molar-refractivity contribution in [2.24, 2.45) is 0 Å². The average molecular weight is 232 g/mol. The molecule has 0 N–H and O–H groups in total. The van der Waals surface area contributed by atoms with Crippen LogP contribution in [0.1, 0.15) is 22.8 Å². The van der Waals surface area contributed by atoms with Crippen LogP contribution in [-0.4, -0.2) is 25.1 Å². The van der Waals surface area contributed by atoms with E-state index in [9.17, 15) is 4.79 Å². The van der Waals surface area contributed by atoms with Crippen molar-refractivity contribution in [2.45, 2.75) is 19.4 Å². The summed E-state index contributed by atoms with van der Waals surface area (Å²) in [7, 11) is 0. The predicted octanol–water partition coefficient (Wildman–Crippen LogP) is 2.40. The van der Waals surface area contributed by atoms with Crippen LogP contribution >= 0.6 is 0 Å². The lowest BCUT2D eigenvalue weighted by atomic mass is 10.0. The minimum absolute atomic E-state index is 0.0624. The third-order valence-corrected chi connectivity index (χ3v) is 2.66. The van der Waals surface area contributed by atoms with Gasteiger partial charge in [-0.05, 0) is 37.1 Å². The molecule has 1 heterocycles. The molecule has 0 bridgehead atoms. The topological polar surface area (TPSA) is 38.8 Å². The Morgan fingerprint density at radius 3 is 3.00 bits per heavy atom. The van der Waals surface area contributed by atoms with Crippen LogP contribution in [0.25, 0.3) is 0 Å². The number of Topliss-reactive ketones (excluding diaryl/α,β-unsaturated/α-hetero) is 1. The molecule has 0 aromatic heterocycles. The zero-order valence-electron chi connectivity index (χ0n) is 9.94. The Morgan fingerprint density at radius 1 is 1.65 bits per heavy atom. The van der Waals surface area contributed by atoms with Gasteiger partial charge in [0.2, 0.25) is 0 Å². The molecule has 3 nitrogen and oxygen atoms in total. The van der Waals surface area contributed by atoms with Gasteiger partial charge < -0.3 is 9.47 Å². The van der Waals surface area contributed by atoms with E-state index >= 15 is 0 Å². The first-order valence-corrected chi connectivity index (χ1v) is 5.70. The Bertz CT molecular complexity index is 433. The molecule has 0 saturated carbocycles. The molecule has 1 aromatic carbocycles. The van der Waals surface area contributed by atoms with Crippen molar-refractivity contribution in [1.29, 1.82) is 0 Å². The smallest absolute Gasteiger partial charge is 0.159 e. The van der Waals surface area contributed by atoms with Crippen molar-refractivity contribution in [1.82, 2.24) is 0 Å². The lowest BCUT2D eigenvalue weighted by molar-refractivity contribution is 0.101. The van der Waals surface area contributed by atoms with E-state index in [0.717, 1.165) is 17.9 Å². The lowest BCUT2D eigenvalue weighted by Crippen LogP contribution is -2.06. The summed E-state index contributed by atoms with van der Waals surface area (Å²) in [5.74, 6) is 0.873. The zero-order valence-corrected chi connectivity index (χ0v) is 9.94. The van der Waals surface area contributed by atoms with Gasteiger partial charge in [0.25, 0.3) is 0 Å². The lowest BCUT2D eigenvalue weighted by Gasteiger charge is -2.10.